The molecule has 0 atom stereocenters. The van der Waals surface area contributed by atoms with Crippen LogP contribution in [0.5, 0.6) is 0 Å². The minimum atomic E-state index is -0.228. The van der Waals surface area contributed by atoms with Crippen LogP contribution in [0.2, 0.25) is 0 Å². The third-order valence-electron chi connectivity index (χ3n) is 3.36. The second-order valence-electron chi connectivity index (χ2n) is 4.77. The molecular formula is C13H17IN2O. The molecule has 1 heterocycles. The Bertz CT molecular complexity index is 396. The number of halogens is 1. The van der Waals surface area contributed by atoms with Gasteiger partial charge < -0.3 is 10.6 Å². The molecule has 1 aromatic rings. The number of piperidine rings is 1. The molecule has 17 heavy (non-hydrogen) atoms. The predicted molar refractivity (Wildman–Crippen MR) is 78.0 cm³/mol. The molecule has 1 aliphatic rings. The fourth-order valence-corrected chi connectivity index (χ4v) is 2.38. The van der Waals surface area contributed by atoms with Crippen LogP contribution in [0.25, 0.3) is 0 Å². The van der Waals surface area contributed by atoms with Gasteiger partial charge >= 0.3 is 0 Å². The Balaban J connectivity index is 2.03. The molecule has 92 valence electrons. The van der Waals surface area contributed by atoms with Gasteiger partial charge in [-0.15, -0.1) is 0 Å². The summed E-state index contributed by atoms with van der Waals surface area (Å²) in [5.41, 5.74) is 0.656. The zero-order valence-corrected chi connectivity index (χ0v) is 12.1. The fourth-order valence-electron chi connectivity index (χ4n) is 2.02. The summed E-state index contributed by atoms with van der Waals surface area (Å²) in [6.45, 7) is 3.91. The van der Waals surface area contributed by atoms with Gasteiger partial charge in [-0.25, -0.2) is 0 Å². The maximum Gasteiger partial charge on any atom is 0.230 e. The number of carbonyl (C=O) groups excluding carboxylic acids is 1. The van der Waals surface area contributed by atoms with E-state index in [1.807, 2.05) is 24.3 Å². The molecule has 0 unspecified atom stereocenters. The number of benzene rings is 1. The van der Waals surface area contributed by atoms with Gasteiger partial charge in [-0.3, -0.25) is 4.79 Å². The molecule has 0 aromatic heterocycles. The van der Waals surface area contributed by atoms with Crippen molar-refractivity contribution in [3.8, 4) is 0 Å². The minimum Gasteiger partial charge on any atom is -0.326 e. The van der Waals surface area contributed by atoms with Crippen molar-refractivity contribution in [3.63, 3.8) is 0 Å². The molecule has 1 aliphatic heterocycles. The van der Waals surface area contributed by atoms with E-state index < -0.39 is 0 Å². The Morgan fingerprint density at radius 1 is 1.29 bits per heavy atom. The topological polar surface area (TPSA) is 41.1 Å². The van der Waals surface area contributed by atoms with Gasteiger partial charge in [-0.1, -0.05) is 6.92 Å². The molecule has 2 rings (SSSR count). The molecule has 0 saturated carbocycles. The van der Waals surface area contributed by atoms with Crippen molar-refractivity contribution in [1.29, 1.82) is 0 Å². The lowest BCUT2D eigenvalue weighted by molar-refractivity contribution is -0.126. The van der Waals surface area contributed by atoms with Gasteiger partial charge in [0.25, 0.3) is 0 Å². The molecule has 0 aliphatic carbocycles. The van der Waals surface area contributed by atoms with Gasteiger partial charge in [0.1, 0.15) is 0 Å². The van der Waals surface area contributed by atoms with Gasteiger partial charge in [0.05, 0.1) is 0 Å². The Hall–Kier alpha value is -0.620. The third-order valence-corrected chi connectivity index (χ3v) is 4.08. The Labute approximate surface area is 116 Å². The quantitative estimate of drug-likeness (QED) is 0.810. The van der Waals surface area contributed by atoms with Crippen LogP contribution in [-0.2, 0) is 4.79 Å². The van der Waals surface area contributed by atoms with Crippen molar-refractivity contribution < 1.29 is 4.79 Å². The van der Waals surface area contributed by atoms with E-state index in [2.05, 4.69) is 40.1 Å². The van der Waals surface area contributed by atoms with Crippen LogP contribution in [0.3, 0.4) is 0 Å². The summed E-state index contributed by atoms with van der Waals surface area (Å²) in [5.74, 6) is 0.139. The van der Waals surface area contributed by atoms with Crippen LogP contribution < -0.4 is 10.6 Å². The van der Waals surface area contributed by atoms with Crippen LogP contribution in [0, 0.1) is 8.99 Å². The maximum absolute atomic E-state index is 12.2. The third kappa shape index (κ3) is 3.19. The van der Waals surface area contributed by atoms with E-state index in [1.165, 1.54) is 3.57 Å². The maximum atomic E-state index is 12.2. The average Bonchev–Trinajstić information content (AvgIpc) is 2.33. The number of amides is 1. The number of rotatable bonds is 2. The zero-order valence-electron chi connectivity index (χ0n) is 9.92. The number of anilines is 1. The first kappa shape index (κ1) is 12.8. The molecular weight excluding hydrogens is 327 g/mol. The van der Waals surface area contributed by atoms with Gasteiger partial charge in [0.15, 0.2) is 0 Å². The molecule has 1 amide bonds. The summed E-state index contributed by atoms with van der Waals surface area (Å²) in [4.78, 5) is 12.2. The highest BCUT2D eigenvalue weighted by atomic mass is 127. The van der Waals surface area contributed by atoms with Crippen molar-refractivity contribution >= 4 is 34.2 Å². The van der Waals surface area contributed by atoms with Crippen molar-refractivity contribution in [1.82, 2.24) is 5.32 Å². The standard InChI is InChI=1S/C13H17IN2O/c1-13(6-8-15-9-7-13)12(17)16-11-4-2-10(14)3-5-11/h2-5,15H,6-9H2,1H3,(H,16,17). The summed E-state index contributed by atoms with van der Waals surface area (Å²) in [6.07, 6.45) is 1.81. The van der Waals surface area contributed by atoms with E-state index in [0.717, 1.165) is 31.6 Å². The SMILES string of the molecule is CC1(C(=O)Nc2ccc(I)cc2)CCNCC1. The Kier molecular flexibility index (Phi) is 4.04. The van der Waals surface area contributed by atoms with Crippen molar-refractivity contribution in [2.75, 3.05) is 18.4 Å². The first-order valence-corrected chi connectivity index (χ1v) is 6.96. The Morgan fingerprint density at radius 2 is 1.88 bits per heavy atom. The largest absolute Gasteiger partial charge is 0.326 e. The molecule has 1 aromatic carbocycles. The average molecular weight is 344 g/mol. The highest BCUT2D eigenvalue weighted by Crippen LogP contribution is 2.29. The lowest BCUT2D eigenvalue weighted by atomic mass is 9.80. The molecule has 4 heteroatoms. The van der Waals surface area contributed by atoms with E-state index in [9.17, 15) is 4.79 Å². The van der Waals surface area contributed by atoms with Crippen LogP contribution >= 0.6 is 22.6 Å². The second kappa shape index (κ2) is 5.35. The van der Waals surface area contributed by atoms with Crippen molar-refractivity contribution in [3.05, 3.63) is 27.8 Å². The lowest BCUT2D eigenvalue weighted by Gasteiger charge is -2.32. The van der Waals surface area contributed by atoms with Crippen LogP contribution in [0.4, 0.5) is 5.69 Å². The molecule has 0 spiro atoms. The normalized spacial score (nSPS) is 18.7. The van der Waals surface area contributed by atoms with E-state index >= 15 is 0 Å². The van der Waals surface area contributed by atoms with Gasteiger partial charge in [0.2, 0.25) is 5.91 Å². The first-order chi connectivity index (χ1) is 8.10. The second-order valence-corrected chi connectivity index (χ2v) is 6.02. The van der Waals surface area contributed by atoms with Crippen molar-refractivity contribution in [2.24, 2.45) is 5.41 Å². The first-order valence-electron chi connectivity index (χ1n) is 5.88. The predicted octanol–water partition coefficient (Wildman–Crippen LogP) is 2.62. The number of carbonyl (C=O) groups is 1. The highest BCUT2D eigenvalue weighted by molar-refractivity contribution is 14.1. The van der Waals surface area contributed by atoms with Crippen LogP contribution in [-0.4, -0.2) is 19.0 Å². The summed E-state index contributed by atoms with van der Waals surface area (Å²) in [6, 6.07) is 7.90. The molecule has 0 radical (unpaired) electrons. The molecule has 2 N–H and O–H groups in total. The molecule has 1 saturated heterocycles. The Morgan fingerprint density at radius 3 is 2.47 bits per heavy atom. The smallest absolute Gasteiger partial charge is 0.230 e. The fraction of sp³-hybridized carbons (Fsp3) is 0.462. The number of hydrogen-bond acceptors (Lipinski definition) is 2. The highest BCUT2D eigenvalue weighted by Gasteiger charge is 2.34. The van der Waals surface area contributed by atoms with Gasteiger partial charge in [0, 0.05) is 14.7 Å². The monoisotopic (exact) mass is 344 g/mol. The lowest BCUT2D eigenvalue weighted by Crippen LogP contribution is -2.42. The minimum absolute atomic E-state index is 0.139. The van der Waals surface area contributed by atoms with Crippen LogP contribution in [0.1, 0.15) is 19.8 Å². The van der Waals surface area contributed by atoms with Crippen molar-refractivity contribution in [2.45, 2.75) is 19.8 Å². The summed E-state index contributed by atoms with van der Waals surface area (Å²) in [5, 5.41) is 6.29. The summed E-state index contributed by atoms with van der Waals surface area (Å²) < 4.78 is 1.17. The number of hydrogen-bond donors (Lipinski definition) is 2. The number of nitrogens with one attached hydrogen (secondary N) is 2. The molecule has 1 fully saturated rings. The molecule has 3 nitrogen and oxygen atoms in total. The summed E-state index contributed by atoms with van der Waals surface area (Å²) >= 11 is 2.26. The van der Waals surface area contributed by atoms with E-state index in [1.54, 1.807) is 0 Å². The summed E-state index contributed by atoms with van der Waals surface area (Å²) in [7, 11) is 0. The van der Waals surface area contributed by atoms with Crippen LogP contribution in [0.15, 0.2) is 24.3 Å². The van der Waals surface area contributed by atoms with Gasteiger partial charge in [-0.05, 0) is 72.8 Å². The zero-order chi connectivity index (χ0) is 12.3. The van der Waals surface area contributed by atoms with Gasteiger partial charge in [-0.2, -0.15) is 0 Å². The van der Waals surface area contributed by atoms with E-state index in [4.69, 9.17) is 0 Å². The molecule has 0 bridgehead atoms. The van der Waals surface area contributed by atoms with E-state index in [-0.39, 0.29) is 11.3 Å². The van der Waals surface area contributed by atoms with E-state index in [0.29, 0.717) is 0 Å².